The Balaban J connectivity index is 1.52. The topological polar surface area (TPSA) is 74.5 Å². The van der Waals surface area contributed by atoms with Crippen LogP contribution in [0.25, 0.3) is 22.5 Å². The van der Waals surface area contributed by atoms with Crippen LogP contribution in [0.2, 0.25) is 0 Å². The molecule has 1 aromatic heterocycles. The smallest absolute Gasteiger partial charge is 0.159 e. The number of ether oxygens (including phenoxy) is 1. The zero-order valence-corrected chi connectivity index (χ0v) is 19.0. The Labute approximate surface area is 194 Å². The van der Waals surface area contributed by atoms with Gasteiger partial charge in [0, 0.05) is 67.3 Å². The second kappa shape index (κ2) is 9.10. The maximum absolute atomic E-state index is 8.88. The fraction of sp³-hybridized carbons (Fsp3) is 0.296. The summed E-state index contributed by atoms with van der Waals surface area (Å²) in [4.78, 5) is 16.1. The van der Waals surface area contributed by atoms with Crippen LogP contribution < -0.4 is 0 Å². The second-order valence-electron chi connectivity index (χ2n) is 8.78. The first kappa shape index (κ1) is 21.3. The highest BCUT2D eigenvalue weighted by atomic mass is 16.5. The predicted octanol–water partition coefficient (Wildman–Crippen LogP) is 4.75. The molecule has 0 amide bonds. The van der Waals surface area contributed by atoms with Crippen molar-refractivity contribution in [3.63, 3.8) is 0 Å². The summed E-state index contributed by atoms with van der Waals surface area (Å²) in [5, 5.41) is 8.88. The summed E-state index contributed by atoms with van der Waals surface area (Å²) in [5.74, 6) is 0.989. The van der Waals surface area contributed by atoms with Crippen molar-refractivity contribution in [3.05, 3.63) is 77.6 Å². The quantitative estimate of drug-likeness (QED) is 0.523. The van der Waals surface area contributed by atoms with Crippen LogP contribution in [0.15, 0.2) is 65.7 Å². The van der Waals surface area contributed by atoms with E-state index in [0.717, 1.165) is 40.9 Å². The minimum Gasteiger partial charge on any atom is -0.381 e. The summed E-state index contributed by atoms with van der Waals surface area (Å²) in [7, 11) is 1.99. The van der Waals surface area contributed by atoms with Gasteiger partial charge >= 0.3 is 0 Å². The Hall–Kier alpha value is -3.60. The summed E-state index contributed by atoms with van der Waals surface area (Å²) in [6.07, 6.45) is 13.4. The summed E-state index contributed by atoms with van der Waals surface area (Å²) in [6.45, 7) is 3.53. The minimum absolute atomic E-state index is 0.130. The molecule has 1 fully saturated rings. The maximum Gasteiger partial charge on any atom is 0.159 e. The Kier molecular flexibility index (Phi) is 5.86. The molecular weight excluding hydrogens is 410 g/mol. The molecule has 6 nitrogen and oxygen atoms in total. The van der Waals surface area contributed by atoms with E-state index in [1.807, 2.05) is 55.7 Å². The standard InChI is InChI=1S/C27H27N5O/c1-18-11-23(14-29-18)24-15-30-27(31-26(24)25(28)12-19-8-10-33-17-19)21-6-3-5-20(13-21)22-7-4-9-32(2)16-22/h3,5-7,9,11,13-16,18-19,28H,8,10,12,17H2,1-2H3. The molecule has 0 spiro atoms. The summed E-state index contributed by atoms with van der Waals surface area (Å²) >= 11 is 0. The van der Waals surface area contributed by atoms with Crippen LogP contribution in [0.3, 0.4) is 0 Å². The lowest BCUT2D eigenvalue weighted by atomic mass is 9.95. The van der Waals surface area contributed by atoms with Crippen molar-refractivity contribution in [1.29, 1.82) is 5.41 Å². The van der Waals surface area contributed by atoms with Gasteiger partial charge in [0.15, 0.2) is 5.82 Å². The van der Waals surface area contributed by atoms with E-state index in [1.54, 1.807) is 0 Å². The van der Waals surface area contributed by atoms with Crippen molar-refractivity contribution in [3.8, 4) is 11.4 Å². The van der Waals surface area contributed by atoms with Crippen LogP contribution in [0.5, 0.6) is 0 Å². The number of nitrogens with one attached hydrogen (secondary N) is 1. The van der Waals surface area contributed by atoms with Gasteiger partial charge < -0.3 is 15.0 Å². The molecule has 0 radical (unpaired) electrons. The van der Waals surface area contributed by atoms with E-state index in [2.05, 4.69) is 35.1 Å². The first-order valence-electron chi connectivity index (χ1n) is 11.3. The highest BCUT2D eigenvalue weighted by Gasteiger charge is 2.23. The molecule has 3 aliphatic heterocycles. The predicted molar refractivity (Wildman–Crippen MR) is 132 cm³/mol. The molecule has 1 saturated heterocycles. The molecule has 2 aromatic rings. The van der Waals surface area contributed by atoms with E-state index in [4.69, 9.17) is 20.1 Å². The van der Waals surface area contributed by atoms with Crippen molar-refractivity contribution in [2.45, 2.75) is 25.8 Å². The number of nitrogens with zero attached hydrogens (tertiary/aromatic N) is 4. The van der Waals surface area contributed by atoms with Crippen molar-refractivity contribution < 1.29 is 4.74 Å². The summed E-state index contributed by atoms with van der Waals surface area (Å²) < 4.78 is 5.53. The fourth-order valence-electron chi connectivity index (χ4n) is 4.33. The van der Waals surface area contributed by atoms with Crippen LogP contribution in [0.4, 0.5) is 0 Å². The minimum atomic E-state index is 0.130. The Bertz CT molecular complexity index is 1240. The largest absolute Gasteiger partial charge is 0.381 e. The van der Waals surface area contributed by atoms with Crippen LogP contribution in [0.1, 0.15) is 36.6 Å². The third-order valence-electron chi connectivity index (χ3n) is 6.09. The number of aromatic nitrogens is 2. The van der Waals surface area contributed by atoms with Gasteiger partial charge in [0.1, 0.15) is 0 Å². The molecule has 1 aromatic carbocycles. The molecular formula is C27H27N5O. The van der Waals surface area contributed by atoms with Gasteiger partial charge in [-0.2, -0.15) is 0 Å². The van der Waals surface area contributed by atoms with Crippen LogP contribution in [-0.4, -0.2) is 53.1 Å². The van der Waals surface area contributed by atoms with Gasteiger partial charge in [0.25, 0.3) is 0 Å². The van der Waals surface area contributed by atoms with E-state index in [-0.39, 0.29) is 6.04 Å². The summed E-state index contributed by atoms with van der Waals surface area (Å²) in [6, 6.07) is 8.33. The van der Waals surface area contributed by atoms with Crippen molar-refractivity contribution in [1.82, 2.24) is 14.9 Å². The lowest BCUT2D eigenvalue weighted by molar-refractivity contribution is 0.187. The number of allylic oxidation sites excluding steroid dienone is 3. The van der Waals surface area contributed by atoms with Gasteiger partial charge in [-0.05, 0) is 43.4 Å². The Morgan fingerprint density at radius 1 is 1.27 bits per heavy atom. The van der Waals surface area contributed by atoms with Gasteiger partial charge in [-0.25, -0.2) is 9.97 Å². The van der Waals surface area contributed by atoms with Gasteiger partial charge in [-0.15, -0.1) is 5.73 Å². The van der Waals surface area contributed by atoms with Crippen molar-refractivity contribution in [2.24, 2.45) is 10.9 Å². The SMILES string of the molecule is CC1C=C(c2cnc(-c3cccc(C4=CN(C)C=C=C4)c3)nc2C(=N)CC2CCOC2)C=N1. The third kappa shape index (κ3) is 4.63. The van der Waals surface area contributed by atoms with Gasteiger partial charge in [-0.3, -0.25) is 4.99 Å². The highest BCUT2D eigenvalue weighted by molar-refractivity contribution is 6.15. The first-order valence-corrected chi connectivity index (χ1v) is 11.3. The van der Waals surface area contributed by atoms with E-state index >= 15 is 0 Å². The average Bonchev–Trinajstić information content (AvgIpc) is 3.50. The molecule has 0 aliphatic carbocycles. The second-order valence-corrected chi connectivity index (χ2v) is 8.78. The Morgan fingerprint density at radius 2 is 2.15 bits per heavy atom. The molecule has 166 valence electrons. The molecule has 1 N–H and O–H groups in total. The number of hydrogen-bond acceptors (Lipinski definition) is 6. The molecule has 3 aliphatic rings. The van der Waals surface area contributed by atoms with Gasteiger partial charge in [0.05, 0.1) is 17.4 Å². The van der Waals surface area contributed by atoms with Crippen LogP contribution in [-0.2, 0) is 4.74 Å². The van der Waals surface area contributed by atoms with E-state index in [1.165, 1.54) is 0 Å². The molecule has 33 heavy (non-hydrogen) atoms. The lowest BCUT2D eigenvalue weighted by Gasteiger charge is -2.15. The molecule has 0 saturated carbocycles. The molecule has 6 heteroatoms. The number of rotatable bonds is 6. The zero-order chi connectivity index (χ0) is 22.8. The average molecular weight is 438 g/mol. The zero-order valence-electron chi connectivity index (χ0n) is 19.0. The number of benzene rings is 1. The molecule has 5 rings (SSSR count). The molecule has 4 heterocycles. The molecule has 2 unspecified atom stereocenters. The normalized spacial score (nSPS) is 21.5. The van der Waals surface area contributed by atoms with E-state index in [0.29, 0.717) is 36.2 Å². The van der Waals surface area contributed by atoms with E-state index in [9.17, 15) is 0 Å². The lowest BCUT2D eigenvalue weighted by Crippen LogP contribution is -2.14. The number of hydrogen-bond donors (Lipinski definition) is 1. The third-order valence-corrected chi connectivity index (χ3v) is 6.09. The first-order chi connectivity index (χ1) is 16.1. The number of aliphatic imine (C=N–C) groups is 1. The van der Waals surface area contributed by atoms with Crippen LogP contribution >= 0.6 is 0 Å². The van der Waals surface area contributed by atoms with Crippen LogP contribution in [0, 0.1) is 11.3 Å². The molecule has 2 atom stereocenters. The molecule has 0 bridgehead atoms. The van der Waals surface area contributed by atoms with E-state index < -0.39 is 0 Å². The summed E-state index contributed by atoms with van der Waals surface area (Å²) in [5.41, 5.74) is 9.30. The highest BCUT2D eigenvalue weighted by Crippen LogP contribution is 2.28. The maximum atomic E-state index is 8.88. The fourth-order valence-corrected chi connectivity index (χ4v) is 4.33. The monoisotopic (exact) mass is 437 g/mol. The van der Waals surface area contributed by atoms with Crippen molar-refractivity contribution in [2.75, 3.05) is 20.3 Å². The van der Waals surface area contributed by atoms with Gasteiger partial charge in [-0.1, -0.05) is 24.3 Å². The van der Waals surface area contributed by atoms with Gasteiger partial charge in [0.2, 0.25) is 0 Å². The Morgan fingerprint density at radius 3 is 2.91 bits per heavy atom. The van der Waals surface area contributed by atoms with Crippen molar-refractivity contribution >= 4 is 23.1 Å².